The largest absolute Gasteiger partial charge is 0.486 e. The first-order valence-electron chi connectivity index (χ1n) is 7.45. The van der Waals surface area contributed by atoms with Gasteiger partial charge in [0.25, 0.3) is 0 Å². The predicted octanol–water partition coefficient (Wildman–Crippen LogP) is 3.31. The van der Waals surface area contributed by atoms with Crippen LogP contribution in [0.2, 0.25) is 0 Å². The maximum Gasteiger partial charge on any atom is 0.162 e. The van der Waals surface area contributed by atoms with Gasteiger partial charge in [0.2, 0.25) is 0 Å². The van der Waals surface area contributed by atoms with E-state index in [2.05, 4.69) is 26.0 Å². The number of fused-ring (bicyclic) bond motifs is 1. The number of hydrogen-bond donors (Lipinski definition) is 1. The zero-order valence-corrected chi connectivity index (χ0v) is 13.0. The molecule has 1 heterocycles. The van der Waals surface area contributed by atoms with Crippen molar-refractivity contribution in [3.63, 3.8) is 0 Å². The number of nitrogens with two attached hydrogens (primary N) is 1. The number of ether oxygens (including phenoxy) is 2. The highest BCUT2D eigenvalue weighted by Crippen LogP contribution is 2.41. The fraction of sp³-hybridized carbons (Fsp3) is 0.625. The molecule has 20 heavy (non-hydrogen) atoms. The average Bonchev–Trinajstić information content (AvgIpc) is 2.42. The molecular formula is C16H23NO2S. The van der Waals surface area contributed by atoms with Crippen molar-refractivity contribution in [1.82, 2.24) is 0 Å². The Kier molecular flexibility index (Phi) is 4.13. The summed E-state index contributed by atoms with van der Waals surface area (Å²) in [6.07, 6.45) is 2.41. The van der Waals surface area contributed by atoms with E-state index in [4.69, 9.17) is 15.2 Å². The van der Waals surface area contributed by atoms with Gasteiger partial charge in [-0.3, -0.25) is 0 Å². The maximum absolute atomic E-state index is 6.37. The summed E-state index contributed by atoms with van der Waals surface area (Å²) in [6, 6.07) is 6.51. The third-order valence-electron chi connectivity index (χ3n) is 4.22. The number of rotatable bonds is 2. The van der Waals surface area contributed by atoms with Crippen molar-refractivity contribution in [3.8, 4) is 11.5 Å². The molecule has 0 amide bonds. The molecule has 2 N–H and O–H groups in total. The van der Waals surface area contributed by atoms with Gasteiger partial charge >= 0.3 is 0 Å². The first kappa shape index (κ1) is 14.1. The molecule has 0 saturated heterocycles. The Morgan fingerprint density at radius 3 is 2.60 bits per heavy atom. The molecule has 1 saturated carbocycles. The van der Waals surface area contributed by atoms with Crippen molar-refractivity contribution in [2.24, 2.45) is 17.6 Å². The Morgan fingerprint density at radius 2 is 1.85 bits per heavy atom. The summed E-state index contributed by atoms with van der Waals surface area (Å²) in [6.45, 7) is 5.91. The van der Waals surface area contributed by atoms with Gasteiger partial charge in [0.05, 0.1) is 0 Å². The third-order valence-corrected chi connectivity index (χ3v) is 5.83. The average molecular weight is 293 g/mol. The van der Waals surface area contributed by atoms with Crippen molar-refractivity contribution in [1.29, 1.82) is 0 Å². The first-order valence-corrected chi connectivity index (χ1v) is 8.33. The minimum atomic E-state index is 0.284. The molecule has 1 fully saturated rings. The van der Waals surface area contributed by atoms with Crippen LogP contribution in [-0.4, -0.2) is 24.5 Å². The minimum absolute atomic E-state index is 0.284. The van der Waals surface area contributed by atoms with Crippen LogP contribution in [-0.2, 0) is 0 Å². The van der Waals surface area contributed by atoms with Gasteiger partial charge in [-0.2, -0.15) is 0 Å². The first-order chi connectivity index (χ1) is 9.63. The zero-order chi connectivity index (χ0) is 14.1. The molecule has 1 aromatic carbocycles. The number of thioether (sulfide) groups is 1. The molecule has 4 heteroatoms. The summed E-state index contributed by atoms with van der Waals surface area (Å²) < 4.78 is 11.2. The topological polar surface area (TPSA) is 44.5 Å². The molecule has 0 radical (unpaired) electrons. The second-order valence-corrected chi connectivity index (χ2v) is 7.36. The van der Waals surface area contributed by atoms with E-state index in [1.807, 2.05) is 17.8 Å². The molecule has 1 aliphatic heterocycles. The van der Waals surface area contributed by atoms with Crippen LogP contribution in [0.3, 0.4) is 0 Å². The Morgan fingerprint density at radius 1 is 1.10 bits per heavy atom. The lowest BCUT2D eigenvalue weighted by atomic mass is 9.80. The highest BCUT2D eigenvalue weighted by Gasteiger charge is 2.32. The molecule has 4 unspecified atom stereocenters. The van der Waals surface area contributed by atoms with Crippen molar-refractivity contribution in [2.75, 3.05) is 13.2 Å². The lowest BCUT2D eigenvalue weighted by Crippen LogP contribution is -2.42. The van der Waals surface area contributed by atoms with Crippen molar-refractivity contribution in [2.45, 2.75) is 42.9 Å². The highest BCUT2D eigenvalue weighted by molar-refractivity contribution is 8.00. The predicted molar refractivity (Wildman–Crippen MR) is 82.6 cm³/mol. The molecule has 1 aromatic rings. The van der Waals surface area contributed by atoms with Crippen LogP contribution >= 0.6 is 11.8 Å². The summed E-state index contributed by atoms with van der Waals surface area (Å²) in [5.74, 6) is 3.13. The van der Waals surface area contributed by atoms with Crippen LogP contribution in [0.1, 0.15) is 26.7 Å². The van der Waals surface area contributed by atoms with E-state index in [0.717, 1.165) is 23.8 Å². The Labute approximate surface area is 125 Å². The smallest absolute Gasteiger partial charge is 0.162 e. The molecule has 0 spiro atoms. The lowest BCUT2D eigenvalue weighted by molar-refractivity contribution is 0.171. The Balaban J connectivity index is 1.74. The molecule has 1 aliphatic carbocycles. The van der Waals surface area contributed by atoms with E-state index >= 15 is 0 Å². The molecular weight excluding hydrogens is 270 g/mol. The van der Waals surface area contributed by atoms with E-state index in [-0.39, 0.29) is 6.04 Å². The van der Waals surface area contributed by atoms with E-state index in [0.29, 0.717) is 24.4 Å². The fourth-order valence-electron chi connectivity index (χ4n) is 3.34. The van der Waals surface area contributed by atoms with Crippen molar-refractivity contribution < 1.29 is 9.47 Å². The molecule has 2 aliphatic rings. The number of hydrogen-bond acceptors (Lipinski definition) is 4. The van der Waals surface area contributed by atoms with Gasteiger partial charge in [0.15, 0.2) is 11.5 Å². The summed E-state index contributed by atoms with van der Waals surface area (Å²) in [5.41, 5.74) is 6.37. The quantitative estimate of drug-likeness (QED) is 0.908. The maximum atomic E-state index is 6.37. The van der Waals surface area contributed by atoms with Gasteiger partial charge < -0.3 is 15.2 Å². The van der Waals surface area contributed by atoms with Gasteiger partial charge in [0.1, 0.15) is 13.2 Å². The molecule has 0 aromatic heterocycles. The standard InChI is InChI=1S/C16H23NO2S/c1-10-7-11(2)16(13(17)8-10)20-12-3-4-14-15(9-12)19-6-5-18-14/h3-4,9-11,13,16H,5-8,17H2,1-2H3. The highest BCUT2D eigenvalue weighted by atomic mass is 32.2. The van der Waals surface area contributed by atoms with Gasteiger partial charge in [-0.05, 0) is 42.9 Å². The third kappa shape index (κ3) is 2.91. The van der Waals surface area contributed by atoms with Crippen LogP contribution in [0.25, 0.3) is 0 Å². The van der Waals surface area contributed by atoms with E-state index in [1.54, 1.807) is 0 Å². The monoisotopic (exact) mass is 293 g/mol. The van der Waals surface area contributed by atoms with Gasteiger partial charge in [-0.15, -0.1) is 11.8 Å². The summed E-state index contributed by atoms with van der Waals surface area (Å²) in [4.78, 5) is 1.23. The molecule has 3 rings (SSSR count). The van der Waals surface area contributed by atoms with Gasteiger partial charge in [-0.25, -0.2) is 0 Å². The van der Waals surface area contributed by atoms with Crippen LogP contribution in [0.5, 0.6) is 11.5 Å². The Hall–Kier alpha value is -0.870. The lowest BCUT2D eigenvalue weighted by Gasteiger charge is -2.37. The van der Waals surface area contributed by atoms with E-state index in [9.17, 15) is 0 Å². The molecule has 0 bridgehead atoms. The molecule has 3 nitrogen and oxygen atoms in total. The second-order valence-electron chi connectivity index (χ2n) is 6.11. The van der Waals surface area contributed by atoms with Crippen molar-refractivity contribution in [3.05, 3.63) is 18.2 Å². The fourth-order valence-corrected chi connectivity index (χ4v) is 4.61. The normalized spacial score (nSPS) is 33.0. The van der Waals surface area contributed by atoms with E-state index in [1.165, 1.54) is 11.3 Å². The zero-order valence-electron chi connectivity index (χ0n) is 12.2. The summed E-state index contributed by atoms with van der Waals surface area (Å²) >= 11 is 1.90. The minimum Gasteiger partial charge on any atom is -0.486 e. The SMILES string of the molecule is CC1CC(C)C(Sc2ccc3c(c2)OCCO3)C(N)C1. The summed E-state index contributed by atoms with van der Waals surface area (Å²) in [7, 11) is 0. The van der Waals surface area contributed by atoms with Crippen LogP contribution in [0.15, 0.2) is 23.1 Å². The van der Waals surface area contributed by atoms with Crippen LogP contribution in [0, 0.1) is 11.8 Å². The van der Waals surface area contributed by atoms with E-state index < -0.39 is 0 Å². The van der Waals surface area contributed by atoms with Gasteiger partial charge in [-0.1, -0.05) is 13.8 Å². The number of benzene rings is 1. The van der Waals surface area contributed by atoms with Gasteiger partial charge in [0, 0.05) is 16.2 Å². The molecule has 4 atom stereocenters. The second kappa shape index (κ2) is 5.86. The van der Waals surface area contributed by atoms with Crippen LogP contribution < -0.4 is 15.2 Å². The van der Waals surface area contributed by atoms with Crippen molar-refractivity contribution >= 4 is 11.8 Å². The molecule has 110 valence electrons. The Bertz CT molecular complexity index is 468. The van der Waals surface area contributed by atoms with Crippen LogP contribution in [0.4, 0.5) is 0 Å². The summed E-state index contributed by atoms with van der Waals surface area (Å²) in [5, 5.41) is 0.494.